The molecule has 1 aliphatic heterocycles. The number of urea groups is 1. The molecule has 3 aromatic rings. The molecule has 0 saturated carbocycles. The van der Waals surface area contributed by atoms with Crippen LogP contribution in [0.2, 0.25) is 0 Å². The lowest BCUT2D eigenvalue weighted by molar-refractivity contribution is 0.183. The highest BCUT2D eigenvalue weighted by molar-refractivity contribution is 5.91. The third-order valence-corrected chi connectivity index (χ3v) is 5.11. The van der Waals surface area contributed by atoms with Gasteiger partial charge in [0.05, 0.1) is 31.1 Å². The first-order valence-electron chi connectivity index (χ1n) is 9.33. The summed E-state index contributed by atoms with van der Waals surface area (Å²) < 4.78 is 6.83. The first-order chi connectivity index (χ1) is 13.3. The van der Waals surface area contributed by atoms with Gasteiger partial charge in [0.1, 0.15) is 0 Å². The van der Waals surface area contributed by atoms with Crippen molar-refractivity contribution in [2.45, 2.75) is 25.4 Å². The van der Waals surface area contributed by atoms with Crippen LogP contribution < -0.4 is 5.32 Å². The number of hydrogen-bond donors (Lipinski definition) is 1. The Morgan fingerprint density at radius 2 is 2.11 bits per heavy atom. The van der Waals surface area contributed by atoms with Crippen molar-refractivity contribution in [1.82, 2.24) is 14.7 Å². The van der Waals surface area contributed by atoms with Crippen LogP contribution >= 0.6 is 0 Å². The smallest absolute Gasteiger partial charge is 0.322 e. The number of nitrogens with one attached hydrogen (secondary N) is 1. The largest absolute Gasteiger partial charge is 0.383 e. The summed E-state index contributed by atoms with van der Waals surface area (Å²) in [7, 11) is 1.66. The highest BCUT2D eigenvalue weighted by Crippen LogP contribution is 2.36. The normalized spacial score (nSPS) is 16.8. The molecule has 0 radical (unpaired) electrons. The van der Waals surface area contributed by atoms with Gasteiger partial charge in [-0.3, -0.25) is 4.68 Å². The summed E-state index contributed by atoms with van der Waals surface area (Å²) >= 11 is 0. The van der Waals surface area contributed by atoms with E-state index >= 15 is 0 Å². The molecule has 2 heterocycles. The van der Waals surface area contributed by atoms with E-state index in [2.05, 4.69) is 46.8 Å². The van der Waals surface area contributed by atoms with Crippen LogP contribution in [0.25, 0.3) is 10.8 Å². The van der Waals surface area contributed by atoms with Gasteiger partial charge in [0.15, 0.2) is 0 Å². The Labute approximate surface area is 158 Å². The maximum atomic E-state index is 12.9. The van der Waals surface area contributed by atoms with E-state index in [1.165, 1.54) is 16.3 Å². The number of carbonyl (C=O) groups excluding carboxylic acids is 1. The average molecular weight is 364 g/mol. The van der Waals surface area contributed by atoms with E-state index in [1.807, 2.05) is 17.2 Å². The van der Waals surface area contributed by atoms with Crippen LogP contribution in [0.3, 0.4) is 0 Å². The van der Waals surface area contributed by atoms with Crippen molar-refractivity contribution in [3.8, 4) is 0 Å². The minimum absolute atomic E-state index is 0.0725. The highest BCUT2D eigenvalue weighted by atomic mass is 16.5. The standard InChI is InChI=1S/C21H24N4O2/c1-27-13-12-24-15-17(14-22-24)23-21(26)25-11-5-10-20(25)19-9-4-7-16-6-2-3-8-18(16)19/h2-4,6-9,14-15,20H,5,10-13H2,1H3,(H,23,26)/t20-/m0/s1. The van der Waals surface area contributed by atoms with E-state index < -0.39 is 0 Å². The predicted octanol–water partition coefficient (Wildman–Crippen LogP) is 4.05. The zero-order chi connectivity index (χ0) is 18.6. The molecule has 0 aliphatic carbocycles. The van der Waals surface area contributed by atoms with Crippen LogP contribution in [0.5, 0.6) is 0 Å². The van der Waals surface area contributed by atoms with Crippen molar-refractivity contribution < 1.29 is 9.53 Å². The fourth-order valence-corrected chi connectivity index (χ4v) is 3.80. The van der Waals surface area contributed by atoms with Gasteiger partial charge in [0, 0.05) is 19.9 Å². The molecule has 2 amide bonds. The number of nitrogens with zero attached hydrogens (tertiary/aromatic N) is 3. The van der Waals surface area contributed by atoms with Gasteiger partial charge in [-0.05, 0) is 29.2 Å². The summed E-state index contributed by atoms with van der Waals surface area (Å²) in [6, 6.07) is 14.7. The Morgan fingerprint density at radius 3 is 3.00 bits per heavy atom. The first-order valence-corrected chi connectivity index (χ1v) is 9.33. The first kappa shape index (κ1) is 17.5. The van der Waals surface area contributed by atoms with Crippen molar-refractivity contribution in [3.05, 3.63) is 60.4 Å². The maximum Gasteiger partial charge on any atom is 0.322 e. The number of amides is 2. The average Bonchev–Trinajstić information content (AvgIpc) is 3.35. The Balaban J connectivity index is 1.52. The van der Waals surface area contributed by atoms with Crippen LogP contribution in [0.1, 0.15) is 24.4 Å². The molecule has 1 saturated heterocycles. The summed E-state index contributed by atoms with van der Waals surface area (Å²) in [5, 5.41) is 9.68. The lowest BCUT2D eigenvalue weighted by Gasteiger charge is -2.26. The third-order valence-electron chi connectivity index (χ3n) is 5.11. The van der Waals surface area contributed by atoms with Crippen molar-refractivity contribution in [3.63, 3.8) is 0 Å². The van der Waals surface area contributed by atoms with Crippen LogP contribution in [0.15, 0.2) is 54.9 Å². The minimum atomic E-state index is -0.0725. The number of carbonyl (C=O) groups is 1. The van der Waals surface area contributed by atoms with Crippen LogP contribution in [0.4, 0.5) is 10.5 Å². The molecule has 1 N–H and O–H groups in total. The number of likely N-dealkylation sites (tertiary alicyclic amines) is 1. The number of fused-ring (bicyclic) bond motifs is 1. The number of hydrogen-bond acceptors (Lipinski definition) is 3. The molecule has 1 fully saturated rings. The number of ether oxygens (including phenoxy) is 1. The van der Waals surface area contributed by atoms with Gasteiger partial charge in [-0.1, -0.05) is 42.5 Å². The maximum absolute atomic E-state index is 12.9. The van der Waals surface area contributed by atoms with E-state index in [0.717, 1.165) is 19.4 Å². The van der Waals surface area contributed by atoms with E-state index in [0.29, 0.717) is 18.8 Å². The Morgan fingerprint density at radius 1 is 1.26 bits per heavy atom. The predicted molar refractivity (Wildman–Crippen MR) is 106 cm³/mol. The van der Waals surface area contributed by atoms with Crippen molar-refractivity contribution in [2.75, 3.05) is 25.6 Å². The van der Waals surface area contributed by atoms with Crippen molar-refractivity contribution in [1.29, 1.82) is 0 Å². The van der Waals surface area contributed by atoms with E-state index in [4.69, 9.17) is 4.74 Å². The zero-order valence-corrected chi connectivity index (χ0v) is 15.5. The number of anilines is 1. The Bertz CT molecular complexity index is 931. The lowest BCUT2D eigenvalue weighted by Crippen LogP contribution is -2.34. The molecule has 140 valence electrons. The van der Waals surface area contributed by atoms with Gasteiger partial charge < -0.3 is 15.0 Å². The summed E-state index contributed by atoms with van der Waals surface area (Å²) in [4.78, 5) is 14.8. The second-order valence-corrected chi connectivity index (χ2v) is 6.83. The fraction of sp³-hybridized carbons (Fsp3) is 0.333. The van der Waals surface area contributed by atoms with Gasteiger partial charge in [-0.15, -0.1) is 0 Å². The molecule has 0 spiro atoms. The SMILES string of the molecule is COCCn1cc(NC(=O)N2CCC[C@H]2c2cccc3ccccc23)cn1. The van der Waals surface area contributed by atoms with Crippen molar-refractivity contribution in [2.24, 2.45) is 0 Å². The monoisotopic (exact) mass is 364 g/mol. The Kier molecular flexibility index (Phi) is 5.07. The van der Waals surface area contributed by atoms with E-state index in [-0.39, 0.29) is 12.1 Å². The fourth-order valence-electron chi connectivity index (χ4n) is 3.80. The van der Waals surface area contributed by atoms with Gasteiger partial charge in [-0.2, -0.15) is 5.10 Å². The lowest BCUT2D eigenvalue weighted by atomic mass is 9.97. The van der Waals surface area contributed by atoms with E-state index in [9.17, 15) is 4.79 Å². The second kappa shape index (κ2) is 7.80. The third kappa shape index (κ3) is 3.66. The highest BCUT2D eigenvalue weighted by Gasteiger charge is 2.31. The summed E-state index contributed by atoms with van der Waals surface area (Å²) in [6.07, 6.45) is 5.50. The summed E-state index contributed by atoms with van der Waals surface area (Å²) in [5.74, 6) is 0. The van der Waals surface area contributed by atoms with E-state index in [1.54, 1.807) is 18.0 Å². The molecule has 1 atom stereocenters. The molecule has 2 aromatic carbocycles. The number of methoxy groups -OCH3 is 1. The molecular formula is C21H24N4O2. The second-order valence-electron chi connectivity index (χ2n) is 6.83. The molecule has 1 aromatic heterocycles. The van der Waals surface area contributed by atoms with Gasteiger partial charge >= 0.3 is 6.03 Å². The summed E-state index contributed by atoms with van der Waals surface area (Å²) in [6.45, 7) is 2.01. The van der Waals surface area contributed by atoms with Gasteiger partial charge in [0.2, 0.25) is 0 Å². The van der Waals surface area contributed by atoms with Crippen molar-refractivity contribution >= 4 is 22.5 Å². The molecule has 4 rings (SSSR count). The molecule has 0 bridgehead atoms. The quantitative estimate of drug-likeness (QED) is 0.743. The minimum Gasteiger partial charge on any atom is -0.383 e. The van der Waals surface area contributed by atoms with Crippen LogP contribution in [0, 0.1) is 0 Å². The number of benzene rings is 2. The summed E-state index contributed by atoms with van der Waals surface area (Å²) in [5.41, 5.74) is 1.93. The molecular weight excluding hydrogens is 340 g/mol. The molecule has 6 nitrogen and oxygen atoms in total. The van der Waals surface area contributed by atoms with Crippen LogP contribution in [-0.2, 0) is 11.3 Å². The number of aromatic nitrogens is 2. The zero-order valence-electron chi connectivity index (χ0n) is 15.5. The molecule has 0 unspecified atom stereocenters. The van der Waals surface area contributed by atoms with Gasteiger partial charge in [-0.25, -0.2) is 4.79 Å². The molecule has 1 aliphatic rings. The van der Waals surface area contributed by atoms with Gasteiger partial charge in [0.25, 0.3) is 0 Å². The van der Waals surface area contributed by atoms with Crippen LogP contribution in [-0.4, -0.2) is 41.0 Å². The Hall–Kier alpha value is -2.86. The topological polar surface area (TPSA) is 59.4 Å². The molecule has 6 heteroatoms. The molecule has 27 heavy (non-hydrogen) atoms. The number of rotatable bonds is 5.